The lowest BCUT2D eigenvalue weighted by atomic mass is 10.1. The highest BCUT2D eigenvalue weighted by atomic mass is 79.9. The van der Waals surface area contributed by atoms with Gasteiger partial charge in [-0.05, 0) is 34.1 Å². The SMILES string of the molecule is O=C(O)c1ccc(C(=O)O)c(OCBr)c1. The van der Waals surface area contributed by atoms with Gasteiger partial charge in [-0.15, -0.1) is 0 Å². The maximum absolute atomic E-state index is 10.7. The Bertz CT molecular complexity index is 401. The Hall–Kier alpha value is -1.56. The third-order valence-electron chi connectivity index (χ3n) is 1.67. The van der Waals surface area contributed by atoms with E-state index in [4.69, 9.17) is 14.9 Å². The van der Waals surface area contributed by atoms with E-state index in [0.717, 1.165) is 0 Å². The molecule has 0 spiro atoms. The van der Waals surface area contributed by atoms with Crippen molar-refractivity contribution in [1.29, 1.82) is 0 Å². The summed E-state index contributed by atoms with van der Waals surface area (Å²) in [5, 5.41) is 17.5. The number of ether oxygens (including phenoxy) is 1. The number of carbonyl (C=O) groups is 2. The molecule has 0 aliphatic rings. The molecule has 1 aromatic carbocycles. The van der Waals surface area contributed by atoms with E-state index in [9.17, 15) is 9.59 Å². The second-order valence-electron chi connectivity index (χ2n) is 2.57. The zero-order valence-corrected chi connectivity index (χ0v) is 9.02. The molecule has 0 bridgehead atoms. The quantitative estimate of drug-likeness (QED) is 0.819. The largest absolute Gasteiger partial charge is 0.481 e. The maximum Gasteiger partial charge on any atom is 0.339 e. The molecule has 0 saturated heterocycles. The van der Waals surface area contributed by atoms with E-state index in [1.165, 1.54) is 18.2 Å². The molecule has 1 rings (SSSR count). The number of carboxylic acids is 2. The van der Waals surface area contributed by atoms with Crippen molar-refractivity contribution < 1.29 is 24.5 Å². The van der Waals surface area contributed by atoms with Crippen LogP contribution in [0.5, 0.6) is 5.75 Å². The molecule has 1 aromatic rings. The fourth-order valence-electron chi connectivity index (χ4n) is 1.01. The molecule has 0 amide bonds. The van der Waals surface area contributed by atoms with E-state index in [2.05, 4.69) is 15.9 Å². The highest BCUT2D eigenvalue weighted by molar-refractivity contribution is 9.09. The van der Waals surface area contributed by atoms with Crippen LogP contribution in [0.1, 0.15) is 20.7 Å². The van der Waals surface area contributed by atoms with Crippen molar-refractivity contribution in [1.82, 2.24) is 0 Å². The molecule has 0 fully saturated rings. The van der Waals surface area contributed by atoms with Crippen molar-refractivity contribution >= 4 is 27.9 Å². The fourth-order valence-corrected chi connectivity index (χ4v) is 1.26. The van der Waals surface area contributed by atoms with Crippen LogP contribution in [0, 0.1) is 0 Å². The van der Waals surface area contributed by atoms with Crippen molar-refractivity contribution in [2.45, 2.75) is 0 Å². The van der Waals surface area contributed by atoms with Gasteiger partial charge in [0.25, 0.3) is 0 Å². The summed E-state index contributed by atoms with van der Waals surface area (Å²) in [4.78, 5) is 21.4. The van der Waals surface area contributed by atoms with E-state index in [-0.39, 0.29) is 22.4 Å². The van der Waals surface area contributed by atoms with Crippen molar-refractivity contribution in [2.24, 2.45) is 0 Å². The molecule has 0 aliphatic carbocycles. The van der Waals surface area contributed by atoms with Crippen LogP contribution in [0.15, 0.2) is 18.2 Å². The summed E-state index contributed by atoms with van der Waals surface area (Å²) in [6.07, 6.45) is 0. The van der Waals surface area contributed by atoms with Crippen LogP contribution in [0.4, 0.5) is 0 Å². The molecule has 5 nitrogen and oxygen atoms in total. The number of aromatic carboxylic acids is 2. The maximum atomic E-state index is 10.7. The predicted molar refractivity (Wildman–Crippen MR) is 54.8 cm³/mol. The second kappa shape index (κ2) is 4.79. The molecule has 15 heavy (non-hydrogen) atoms. The molecular formula is C9H7BrO5. The van der Waals surface area contributed by atoms with Gasteiger partial charge in [0.1, 0.15) is 16.8 Å². The second-order valence-corrected chi connectivity index (χ2v) is 3.03. The van der Waals surface area contributed by atoms with Gasteiger partial charge in [-0.25, -0.2) is 9.59 Å². The number of hydrogen-bond acceptors (Lipinski definition) is 3. The standard InChI is InChI=1S/C9H7BrO5/c10-4-15-7-3-5(8(11)12)1-2-6(7)9(13)14/h1-3H,4H2,(H,11,12)(H,13,14). The number of carboxylic acid groups (broad SMARTS) is 2. The topological polar surface area (TPSA) is 83.8 Å². The highest BCUT2D eigenvalue weighted by Gasteiger charge is 2.14. The van der Waals surface area contributed by atoms with Gasteiger partial charge in [-0.2, -0.15) is 0 Å². The summed E-state index contributed by atoms with van der Waals surface area (Å²) < 4.78 is 4.96. The molecule has 0 heterocycles. The third kappa shape index (κ3) is 2.69. The lowest BCUT2D eigenvalue weighted by Crippen LogP contribution is -2.04. The van der Waals surface area contributed by atoms with Gasteiger partial charge in [0.2, 0.25) is 0 Å². The van der Waals surface area contributed by atoms with Gasteiger partial charge in [-0.3, -0.25) is 0 Å². The average molecular weight is 275 g/mol. The van der Waals surface area contributed by atoms with Crippen LogP contribution < -0.4 is 4.74 Å². The summed E-state index contributed by atoms with van der Waals surface area (Å²) in [7, 11) is 0. The van der Waals surface area contributed by atoms with Gasteiger partial charge in [-0.1, -0.05) is 0 Å². The summed E-state index contributed by atoms with van der Waals surface area (Å²) in [5.74, 6) is -2.27. The molecule has 0 atom stereocenters. The van der Waals surface area contributed by atoms with Crippen LogP contribution in [0.2, 0.25) is 0 Å². The minimum atomic E-state index is -1.16. The molecule has 6 heteroatoms. The Morgan fingerprint density at radius 2 is 1.93 bits per heavy atom. The molecule has 0 unspecified atom stereocenters. The lowest BCUT2D eigenvalue weighted by Gasteiger charge is -2.06. The number of halogens is 1. The first-order valence-electron chi connectivity index (χ1n) is 3.85. The lowest BCUT2D eigenvalue weighted by molar-refractivity contribution is 0.0678. The van der Waals surface area contributed by atoms with Crippen LogP contribution in [-0.2, 0) is 0 Å². The molecule has 0 saturated carbocycles. The molecule has 80 valence electrons. The summed E-state index contributed by atoms with van der Waals surface area (Å²) in [5.41, 5.74) is 0.00601. The monoisotopic (exact) mass is 274 g/mol. The number of benzene rings is 1. The van der Waals surface area contributed by atoms with Crippen molar-refractivity contribution in [3.63, 3.8) is 0 Å². The summed E-state index contributed by atoms with van der Waals surface area (Å²) in [6, 6.07) is 3.59. The summed E-state index contributed by atoms with van der Waals surface area (Å²) >= 11 is 2.97. The first-order chi connectivity index (χ1) is 7.06. The van der Waals surface area contributed by atoms with Gasteiger partial charge < -0.3 is 14.9 Å². The molecular weight excluding hydrogens is 268 g/mol. The average Bonchev–Trinajstić information content (AvgIpc) is 2.17. The zero-order chi connectivity index (χ0) is 11.4. The Morgan fingerprint density at radius 1 is 1.27 bits per heavy atom. The van der Waals surface area contributed by atoms with E-state index < -0.39 is 11.9 Å². The summed E-state index contributed by atoms with van der Waals surface area (Å²) in [6.45, 7) is 0. The third-order valence-corrected chi connectivity index (χ3v) is 1.90. The van der Waals surface area contributed by atoms with Gasteiger partial charge >= 0.3 is 11.9 Å². The van der Waals surface area contributed by atoms with Gasteiger partial charge in [0, 0.05) is 0 Å². The highest BCUT2D eigenvalue weighted by Crippen LogP contribution is 2.21. The Labute approximate surface area is 93.4 Å². The fraction of sp³-hybridized carbons (Fsp3) is 0.111. The van der Waals surface area contributed by atoms with Crippen LogP contribution in [0.25, 0.3) is 0 Å². The first-order valence-corrected chi connectivity index (χ1v) is 4.98. The van der Waals surface area contributed by atoms with Gasteiger partial charge in [0.05, 0.1) is 5.56 Å². The number of alkyl halides is 1. The molecule has 0 aliphatic heterocycles. The van der Waals surface area contributed by atoms with Crippen LogP contribution >= 0.6 is 15.9 Å². The van der Waals surface area contributed by atoms with Crippen molar-refractivity contribution in [3.8, 4) is 5.75 Å². The van der Waals surface area contributed by atoms with Crippen molar-refractivity contribution in [2.75, 3.05) is 5.52 Å². The minimum Gasteiger partial charge on any atom is -0.481 e. The number of hydrogen-bond donors (Lipinski definition) is 2. The first kappa shape index (κ1) is 11.5. The molecule has 2 N–H and O–H groups in total. The molecule has 0 aromatic heterocycles. The normalized spacial score (nSPS) is 9.67. The Balaban J connectivity index is 3.20. The van der Waals surface area contributed by atoms with Crippen molar-refractivity contribution in [3.05, 3.63) is 29.3 Å². The predicted octanol–water partition coefficient (Wildman–Crippen LogP) is 1.81. The van der Waals surface area contributed by atoms with E-state index in [1.807, 2.05) is 0 Å². The smallest absolute Gasteiger partial charge is 0.339 e. The van der Waals surface area contributed by atoms with E-state index in [0.29, 0.717) is 0 Å². The van der Waals surface area contributed by atoms with Crippen LogP contribution in [0.3, 0.4) is 0 Å². The zero-order valence-electron chi connectivity index (χ0n) is 7.44. The van der Waals surface area contributed by atoms with E-state index in [1.54, 1.807) is 0 Å². The Morgan fingerprint density at radius 3 is 2.40 bits per heavy atom. The molecule has 0 radical (unpaired) electrons. The van der Waals surface area contributed by atoms with Crippen LogP contribution in [-0.4, -0.2) is 27.7 Å². The minimum absolute atomic E-state index is 0.0176. The number of rotatable bonds is 4. The van der Waals surface area contributed by atoms with Gasteiger partial charge in [0.15, 0.2) is 0 Å². The van der Waals surface area contributed by atoms with E-state index >= 15 is 0 Å². The Kier molecular flexibility index (Phi) is 3.68.